The number of rotatable bonds is 3. The molecule has 1 aliphatic rings. The van der Waals surface area contributed by atoms with Gasteiger partial charge in [0.2, 0.25) is 5.78 Å². The molecule has 0 spiro atoms. The maximum atomic E-state index is 12.4. The number of ketones is 1. The molecule has 0 saturated carbocycles. The highest BCUT2D eigenvalue weighted by molar-refractivity contribution is 9.10. The second-order valence-electron chi connectivity index (χ2n) is 5.63. The SMILES string of the molecule is O=C1/C(=C/c2ccc(-c3ccc(Br)cc3C(=O)O)o2)Sc2ccccc21. The number of furan rings is 1. The summed E-state index contributed by atoms with van der Waals surface area (Å²) in [6, 6.07) is 15.9. The Morgan fingerprint density at radius 2 is 1.88 bits per heavy atom. The van der Waals surface area contributed by atoms with Gasteiger partial charge in [-0.2, -0.15) is 0 Å². The van der Waals surface area contributed by atoms with Gasteiger partial charge in [0.15, 0.2) is 0 Å². The van der Waals surface area contributed by atoms with E-state index in [9.17, 15) is 14.7 Å². The van der Waals surface area contributed by atoms with Crippen molar-refractivity contribution in [3.8, 4) is 11.3 Å². The van der Waals surface area contributed by atoms with Crippen molar-refractivity contribution >= 4 is 45.5 Å². The number of allylic oxidation sites excluding steroid dienone is 1. The molecule has 1 N–H and O–H groups in total. The first-order valence-electron chi connectivity index (χ1n) is 7.69. The van der Waals surface area contributed by atoms with Crippen LogP contribution in [0.4, 0.5) is 0 Å². The van der Waals surface area contributed by atoms with E-state index in [2.05, 4.69) is 15.9 Å². The van der Waals surface area contributed by atoms with Gasteiger partial charge in [-0.3, -0.25) is 4.79 Å². The lowest BCUT2D eigenvalue weighted by molar-refractivity contribution is 0.0697. The van der Waals surface area contributed by atoms with Gasteiger partial charge in [0.1, 0.15) is 11.5 Å². The summed E-state index contributed by atoms with van der Waals surface area (Å²) in [7, 11) is 0. The molecule has 0 amide bonds. The number of fused-ring (bicyclic) bond motifs is 1. The Hall–Kier alpha value is -2.57. The lowest BCUT2D eigenvalue weighted by Gasteiger charge is -2.03. The van der Waals surface area contributed by atoms with Gasteiger partial charge in [0.25, 0.3) is 0 Å². The number of Topliss-reactive ketones (excluding diaryl/α,β-unsaturated/α-hetero) is 1. The second-order valence-corrected chi connectivity index (χ2v) is 7.63. The van der Waals surface area contributed by atoms with Gasteiger partial charge in [0.05, 0.1) is 10.5 Å². The predicted octanol–water partition coefficient (Wildman–Crippen LogP) is 5.74. The van der Waals surface area contributed by atoms with Crippen LogP contribution in [0.25, 0.3) is 17.4 Å². The molecule has 0 saturated heterocycles. The van der Waals surface area contributed by atoms with Gasteiger partial charge in [-0.1, -0.05) is 39.8 Å². The van der Waals surface area contributed by atoms with E-state index in [1.807, 2.05) is 18.2 Å². The molecule has 26 heavy (non-hydrogen) atoms. The van der Waals surface area contributed by atoms with Crippen molar-refractivity contribution in [3.63, 3.8) is 0 Å². The van der Waals surface area contributed by atoms with Gasteiger partial charge < -0.3 is 9.52 Å². The molecule has 4 nitrogen and oxygen atoms in total. The summed E-state index contributed by atoms with van der Waals surface area (Å²) in [5, 5.41) is 9.40. The Kier molecular flexibility index (Phi) is 4.30. The number of halogens is 1. The molecule has 1 aromatic heterocycles. The van der Waals surface area contributed by atoms with Gasteiger partial charge in [-0.05, 0) is 48.5 Å². The fourth-order valence-electron chi connectivity index (χ4n) is 2.75. The van der Waals surface area contributed by atoms with Gasteiger partial charge in [0, 0.05) is 20.5 Å². The smallest absolute Gasteiger partial charge is 0.336 e. The molecule has 0 unspecified atom stereocenters. The molecular formula is C20H11BrO4S. The molecule has 0 radical (unpaired) electrons. The third kappa shape index (κ3) is 3.02. The number of carbonyl (C=O) groups is 2. The van der Waals surface area contributed by atoms with Crippen LogP contribution >= 0.6 is 27.7 Å². The average Bonchev–Trinajstić information content (AvgIpc) is 3.21. The van der Waals surface area contributed by atoms with E-state index < -0.39 is 5.97 Å². The number of aromatic carboxylic acids is 1. The second kappa shape index (κ2) is 6.63. The number of carboxylic acids is 1. The van der Waals surface area contributed by atoms with Crippen molar-refractivity contribution in [2.24, 2.45) is 0 Å². The number of hydrogen-bond acceptors (Lipinski definition) is 4. The van der Waals surface area contributed by atoms with Crippen LogP contribution in [-0.2, 0) is 0 Å². The first kappa shape index (κ1) is 16.9. The zero-order valence-corrected chi connectivity index (χ0v) is 15.6. The first-order valence-corrected chi connectivity index (χ1v) is 9.30. The van der Waals surface area contributed by atoms with E-state index in [-0.39, 0.29) is 11.3 Å². The minimum absolute atomic E-state index is 0.0292. The number of benzene rings is 2. The van der Waals surface area contributed by atoms with E-state index in [0.717, 1.165) is 4.90 Å². The molecule has 0 bridgehead atoms. The highest BCUT2D eigenvalue weighted by Gasteiger charge is 2.25. The summed E-state index contributed by atoms with van der Waals surface area (Å²) >= 11 is 4.68. The van der Waals surface area contributed by atoms with Crippen molar-refractivity contribution in [1.82, 2.24) is 0 Å². The number of thioether (sulfide) groups is 1. The van der Waals surface area contributed by atoms with E-state index >= 15 is 0 Å². The molecule has 128 valence electrons. The summed E-state index contributed by atoms with van der Waals surface area (Å²) < 4.78 is 6.47. The summed E-state index contributed by atoms with van der Waals surface area (Å²) in [4.78, 5) is 25.4. The van der Waals surface area contributed by atoms with Crippen LogP contribution in [0.5, 0.6) is 0 Å². The van der Waals surface area contributed by atoms with Crippen LogP contribution in [-0.4, -0.2) is 16.9 Å². The minimum atomic E-state index is -1.03. The minimum Gasteiger partial charge on any atom is -0.478 e. The molecule has 0 fully saturated rings. The van der Waals surface area contributed by atoms with Crippen LogP contribution in [0.15, 0.2) is 73.3 Å². The number of carboxylic acid groups (broad SMARTS) is 1. The standard InChI is InChI=1S/C20H11BrO4S/c21-11-5-7-13(15(9-11)20(23)24)16-8-6-12(25-16)10-18-19(22)14-3-1-2-4-17(14)26-18/h1-10H,(H,23,24)/b18-10-. The summed E-state index contributed by atoms with van der Waals surface area (Å²) in [5.41, 5.74) is 1.32. The van der Waals surface area contributed by atoms with E-state index in [1.165, 1.54) is 17.8 Å². The quantitative estimate of drug-likeness (QED) is 0.541. The molecular weight excluding hydrogens is 416 g/mol. The molecule has 2 aromatic carbocycles. The van der Waals surface area contributed by atoms with Crippen molar-refractivity contribution < 1.29 is 19.1 Å². The number of carbonyl (C=O) groups excluding carboxylic acids is 1. The maximum Gasteiger partial charge on any atom is 0.336 e. The van der Waals surface area contributed by atoms with E-state index in [1.54, 1.807) is 36.4 Å². The molecule has 2 heterocycles. The monoisotopic (exact) mass is 426 g/mol. The lowest BCUT2D eigenvalue weighted by atomic mass is 10.1. The fraction of sp³-hybridized carbons (Fsp3) is 0. The topological polar surface area (TPSA) is 67.5 Å². The summed E-state index contributed by atoms with van der Waals surface area (Å²) in [6.45, 7) is 0. The first-order chi connectivity index (χ1) is 12.5. The molecule has 0 aliphatic carbocycles. The van der Waals surface area contributed by atoms with Crippen molar-refractivity contribution in [2.45, 2.75) is 4.90 Å². The molecule has 3 aromatic rings. The van der Waals surface area contributed by atoms with E-state index in [0.29, 0.717) is 32.0 Å². The predicted molar refractivity (Wildman–Crippen MR) is 103 cm³/mol. The maximum absolute atomic E-state index is 12.4. The largest absolute Gasteiger partial charge is 0.478 e. The van der Waals surface area contributed by atoms with Gasteiger partial charge in [-0.25, -0.2) is 4.79 Å². The molecule has 1 aliphatic heterocycles. The highest BCUT2D eigenvalue weighted by atomic mass is 79.9. The Labute approximate surface area is 161 Å². The van der Waals surface area contributed by atoms with Crippen LogP contribution in [0.2, 0.25) is 0 Å². The van der Waals surface area contributed by atoms with Crippen LogP contribution < -0.4 is 0 Å². The van der Waals surface area contributed by atoms with Crippen LogP contribution in [0.1, 0.15) is 26.5 Å². The molecule has 0 atom stereocenters. The molecule has 4 rings (SSSR count). The average molecular weight is 427 g/mol. The Bertz CT molecular complexity index is 1080. The zero-order valence-electron chi connectivity index (χ0n) is 13.2. The van der Waals surface area contributed by atoms with Crippen molar-refractivity contribution in [3.05, 3.63) is 80.9 Å². The summed E-state index contributed by atoms with van der Waals surface area (Å²) in [5.74, 6) is -0.120. The Balaban J connectivity index is 1.69. The Morgan fingerprint density at radius 1 is 1.08 bits per heavy atom. The highest BCUT2D eigenvalue weighted by Crippen LogP contribution is 2.41. The zero-order chi connectivity index (χ0) is 18.3. The normalized spacial score (nSPS) is 14.7. The third-order valence-corrected chi connectivity index (χ3v) is 5.55. The van der Waals surface area contributed by atoms with Crippen LogP contribution in [0, 0.1) is 0 Å². The number of hydrogen-bond donors (Lipinski definition) is 1. The van der Waals surface area contributed by atoms with Crippen molar-refractivity contribution in [1.29, 1.82) is 0 Å². The van der Waals surface area contributed by atoms with Gasteiger partial charge in [-0.15, -0.1) is 0 Å². The molecule has 6 heteroatoms. The van der Waals surface area contributed by atoms with Crippen molar-refractivity contribution in [2.75, 3.05) is 0 Å². The fourth-order valence-corrected chi connectivity index (χ4v) is 4.14. The Morgan fingerprint density at radius 3 is 2.65 bits per heavy atom. The van der Waals surface area contributed by atoms with Gasteiger partial charge >= 0.3 is 5.97 Å². The van der Waals surface area contributed by atoms with E-state index in [4.69, 9.17) is 4.42 Å². The van der Waals surface area contributed by atoms with Crippen LogP contribution in [0.3, 0.4) is 0 Å². The third-order valence-electron chi connectivity index (χ3n) is 3.95. The summed E-state index contributed by atoms with van der Waals surface area (Å²) in [6.07, 6.45) is 1.69. The lowest BCUT2D eigenvalue weighted by Crippen LogP contribution is -1.99.